The number of anilines is 1. The van der Waals surface area contributed by atoms with Crippen molar-refractivity contribution in [3.05, 3.63) is 47.1 Å². The summed E-state index contributed by atoms with van der Waals surface area (Å²) in [6.07, 6.45) is 1.19. The zero-order valence-electron chi connectivity index (χ0n) is 9.03. The Balaban J connectivity index is 2.08. The molecule has 16 heavy (non-hydrogen) atoms. The van der Waals surface area contributed by atoms with Gasteiger partial charge in [0.2, 0.25) is 0 Å². The molecule has 0 saturated heterocycles. The molecule has 3 nitrogen and oxygen atoms in total. The number of hydrogen-bond donors (Lipinski definition) is 1. The fourth-order valence-corrected chi connectivity index (χ4v) is 1.63. The van der Waals surface area contributed by atoms with Crippen LogP contribution in [0.2, 0.25) is 0 Å². The Kier molecular flexibility index (Phi) is 2.90. The number of oxazole rings is 1. The van der Waals surface area contributed by atoms with Crippen LogP contribution < -0.4 is 5.73 Å². The number of nitrogens with two attached hydrogens (primary N) is 1. The van der Waals surface area contributed by atoms with Gasteiger partial charge in [-0.2, -0.15) is 4.98 Å². The van der Waals surface area contributed by atoms with Crippen molar-refractivity contribution in [2.75, 3.05) is 5.73 Å². The molecule has 1 aromatic heterocycles. The highest BCUT2D eigenvalue weighted by molar-refractivity contribution is 5.22. The third-order valence-corrected chi connectivity index (χ3v) is 2.49. The number of hydrogen-bond acceptors (Lipinski definition) is 3. The highest BCUT2D eigenvalue weighted by atomic mass is 19.1. The van der Waals surface area contributed by atoms with Gasteiger partial charge in [-0.15, -0.1) is 0 Å². The van der Waals surface area contributed by atoms with Gasteiger partial charge >= 0.3 is 0 Å². The second-order valence-corrected chi connectivity index (χ2v) is 3.65. The van der Waals surface area contributed by atoms with Gasteiger partial charge in [0.1, 0.15) is 11.6 Å². The van der Waals surface area contributed by atoms with Crippen molar-refractivity contribution in [3.63, 3.8) is 0 Å². The van der Waals surface area contributed by atoms with Gasteiger partial charge in [-0.25, -0.2) is 4.39 Å². The van der Waals surface area contributed by atoms with Crippen LogP contribution in [0.4, 0.5) is 10.4 Å². The summed E-state index contributed by atoms with van der Waals surface area (Å²) >= 11 is 0. The van der Waals surface area contributed by atoms with Gasteiger partial charge in [0.25, 0.3) is 6.01 Å². The van der Waals surface area contributed by atoms with Crippen molar-refractivity contribution in [2.45, 2.75) is 19.8 Å². The first-order chi connectivity index (χ1) is 7.66. The fraction of sp³-hybridized carbons (Fsp3) is 0.250. The molecule has 0 bridgehead atoms. The van der Waals surface area contributed by atoms with Gasteiger partial charge in [0, 0.05) is 6.42 Å². The van der Waals surface area contributed by atoms with Crippen LogP contribution in [0.15, 0.2) is 28.7 Å². The van der Waals surface area contributed by atoms with E-state index in [2.05, 4.69) is 4.98 Å². The Bertz CT molecular complexity index is 494. The van der Waals surface area contributed by atoms with Crippen molar-refractivity contribution in [1.82, 2.24) is 4.98 Å². The molecule has 0 aliphatic carbocycles. The lowest BCUT2D eigenvalue weighted by Crippen LogP contribution is -1.94. The van der Waals surface area contributed by atoms with E-state index < -0.39 is 0 Å². The molecule has 0 radical (unpaired) electrons. The van der Waals surface area contributed by atoms with E-state index in [9.17, 15) is 4.39 Å². The predicted octanol–water partition coefficient (Wildman–Crippen LogP) is 2.49. The summed E-state index contributed by atoms with van der Waals surface area (Å²) in [5, 5.41) is 0. The molecule has 2 rings (SSSR count). The van der Waals surface area contributed by atoms with E-state index in [1.54, 1.807) is 12.1 Å². The van der Waals surface area contributed by atoms with Crippen LogP contribution in [0.3, 0.4) is 0 Å². The molecule has 2 N–H and O–H groups in total. The highest BCUT2D eigenvalue weighted by Gasteiger charge is 2.08. The molecule has 1 heterocycles. The molecule has 0 aliphatic heterocycles. The lowest BCUT2D eigenvalue weighted by molar-refractivity contribution is 0.516. The molecule has 0 amide bonds. The predicted molar refractivity (Wildman–Crippen MR) is 59.5 cm³/mol. The van der Waals surface area contributed by atoms with Crippen LogP contribution >= 0.6 is 0 Å². The van der Waals surface area contributed by atoms with E-state index in [1.807, 2.05) is 13.0 Å². The van der Waals surface area contributed by atoms with Crippen LogP contribution in [-0.2, 0) is 12.8 Å². The molecule has 1 aromatic carbocycles. The molecule has 0 saturated carbocycles. The minimum absolute atomic E-state index is 0.168. The number of nitrogens with zero attached hydrogens (tertiary/aromatic N) is 1. The Morgan fingerprint density at radius 3 is 2.69 bits per heavy atom. The van der Waals surface area contributed by atoms with Gasteiger partial charge in [-0.1, -0.05) is 18.2 Å². The maximum Gasteiger partial charge on any atom is 0.292 e. The quantitative estimate of drug-likeness (QED) is 0.864. The van der Waals surface area contributed by atoms with E-state index in [0.717, 1.165) is 11.5 Å². The number of halogens is 1. The van der Waals surface area contributed by atoms with E-state index in [4.69, 9.17) is 10.2 Å². The minimum Gasteiger partial charge on any atom is -0.429 e. The molecule has 0 atom stereocenters. The number of aryl methyl sites for hydroxylation is 3. The first-order valence-electron chi connectivity index (χ1n) is 5.12. The molecule has 0 fully saturated rings. The lowest BCUT2D eigenvalue weighted by atomic mass is 10.1. The summed E-state index contributed by atoms with van der Waals surface area (Å²) in [6, 6.07) is 6.89. The molecular weight excluding hydrogens is 207 g/mol. The monoisotopic (exact) mass is 220 g/mol. The van der Waals surface area contributed by atoms with Gasteiger partial charge in [0.15, 0.2) is 0 Å². The standard InChI is InChI=1S/C12H13FN2O/c1-8-11(16-12(14)15-8)7-6-9-4-2-3-5-10(9)13/h2-5H,6-7H2,1H3,(H2,14,15). The Labute approximate surface area is 93.1 Å². The van der Waals surface area contributed by atoms with Crippen LogP contribution in [0.1, 0.15) is 17.0 Å². The van der Waals surface area contributed by atoms with Gasteiger partial charge in [0.05, 0.1) is 5.69 Å². The summed E-state index contributed by atoms with van der Waals surface area (Å²) in [5.74, 6) is 0.536. The summed E-state index contributed by atoms with van der Waals surface area (Å²) in [4.78, 5) is 3.96. The third kappa shape index (κ3) is 2.21. The normalized spacial score (nSPS) is 10.6. The van der Waals surface area contributed by atoms with Crippen LogP contribution in [0.25, 0.3) is 0 Å². The largest absolute Gasteiger partial charge is 0.429 e. The smallest absolute Gasteiger partial charge is 0.292 e. The Hall–Kier alpha value is -1.84. The molecule has 0 unspecified atom stereocenters. The molecule has 0 spiro atoms. The summed E-state index contributed by atoms with van der Waals surface area (Å²) in [5.41, 5.74) is 6.88. The first kappa shape index (κ1) is 10.7. The average molecular weight is 220 g/mol. The van der Waals surface area contributed by atoms with Crippen LogP contribution in [0.5, 0.6) is 0 Å². The second-order valence-electron chi connectivity index (χ2n) is 3.65. The fourth-order valence-electron chi connectivity index (χ4n) is 1.63. The number of nitrogen functional groups attached to an aromatic ring is 1. The SMILES string of the molecule is Cc1nc(N)oc1CCc1ccccc1F. The topological polar surface area (TPSA) is 52.0 Å². The second kappa shape index (κ2) is 4.35. The van der Waals surface area contributed by atoms with Crippen molar-refractivity contribution >= 4 is 6.01 Å². The summed E-state index contributed by atoms with van der Waals surface area (Å²) < 4.78 is 18.5. The van der Waals surface area contributed by atoms with E-state index in [1.165, 1.54) is 6.07 Å². The van der Waals surface area contributed by atoms with E-state index in [-0.39, 0.29) is 11.8 Å². The lowest BCUT2D eigenvalue weighted by Gasteiger charge is -2.01. The molecule has 0 aliphatic rings. The minimum atomic E-state index is -0.187. The van der Waals surface area contributed by atoms with Gasteiger partial charge in [-0.3, -0.25) is 0 Å². The van der Waals surface area contributed by atoms with E-state index in [0.29, 0.717) is 18.4 Å². The van der Waals surface area contributed by atoms with Gasteiger partial charge < -0.3 is 10.2 Å². The summed E-state index contributed by atoms with van der Waals surface area (Å²) in [6.45, 7) is 1.83. The number of rotatable bonds is 3. The van der Waals surface area contributed by atoms with E-state index >= 15 is 0 Å². The zero-order chi connectivity index (χ0) is 11.5. The molecule has 4 heteroatoms. The zero-order valence-corrected chi connectivity index (χ0v) is 9.03. The molecule has 2 aromatic rings. The van der Waals surface area contributed by atoms with Crippen LogP contribution in [0, 0.1) is 12.7 Å². The maximum absolute atomic E-state index is 13.3. The van der Waals surface area contributed by atoms with Gasteiger partial charge in [-0.05, 0) is 25.0 Å². The highest BCUT2D eigenvalue weighted by Crippen LogP contribution is 2.15. The third-order valence-electron chi connectivity index (χ3n) is 2.49. The van der Waals surface area contributed by atoms with Crippen molar-refractivity contribution in [1.29, 1.82) is 0 Å². The average Bonchev–Trinajstić information content (AvgIpc) is 2.56. The number of aromatic nitrogens is 1. The Morgan fingerprint density at radius 1 is 1.31 bits per heavy atom. The maximum atomic E-state index is 13.3. The molecule has 84 valence electrons. The van der Waals surface area contributed by atoms with Crippen molar-refractivity contribution in [3.8, 4) is 0 Å². The number of benzene rings is 1. The van der Waals surface area contributed by atoms with Crippen molar-refractivity contribution < 1.29 is 8.81 Å². The Morgan fingerprint density at radius 2 is 2.06 bits per heavy atom. The van der Waals surface area contributed by atoms with Crippen molar-refractivity contribution in [2.24, 2.45) is 0 Å². The molecular formula is C12H13FN2O. The van der Waals surface area contributed by atoms with Crippen LogP contribution in [-0.4, -0.2) is 4.98 Å². The summed E-state index contributed by atoms with van der Waals surface area (Å²) in [7, 11) is 0. The first-order valence-corrected chi connectivity index (χ1v) is 5.12.